The summed E-state index contributed by atoms with van der Waals surface area (Å²) in [6.45, 7) is 3.38. The normalized spacial score (nSPS) is 12.8. The summed E-state index contributed by atoms with van der Waals surface area (Å²) < 4.78 is 30.9. The topological polar surface area (TPSA) is 97.5 Å². The van der Waals surface area contributed by atoms with E-state index < -0.39 is 5.82 Å². The Bertz CT molecular complexity index is 1120. The molecule has 168 valence electrons. The number of carbonyl (C=O) groups excluding carboxylic acids is 1. The molecule has 4 rings (SSSR count). The van der Waals surface area contributed by atoms with Crippen LogP contribution < -0.4 is 20.1 Å². The molecule has 0 aliphatic carbocycles. The second-order valence-corrected chi connectivity index (χ2v) is 7.12. The van der Waals surface area contributed by atoms with Crippen molar-refractivity contribution in [3.8, 4) is 22.8 Å². The van der Waals surface area contributed by atoms with Crippen LogP contribution in [0.2, 0.25) is 0 Å². The van der Waals surface area contributed by atoms with E-state index in [1.165, 1.54) is 6.07 Å². The van der Waals surface area contributed by atoms with Crippen LogP contribution in [0.3, 0.4) is 0 Å². The highest BCUT2D eigenvalue weighted by Crippen LogP contribution is 2.42. The Hall–Kier alpha value is -3.59. The minimum Gasteiger partial charge on any atom is -0.489 e. The maximum atomic E-state index is 14.4. The molecule has 32 heavy (non-hydrogen) atoms. The fraction of sp³-hybridized carbons (Fsp3) is 0.304. The van der Waals surface area contributed by atoms with Crippen LogP contribution in [0.1, 0.15) is 23.0 Å². The molecule has 3 heterocycles. The lowest BCUT2D eigenvalue weighted by molar-refractivity contribution is 0.0947. The molecule has 0 spiro atoms. The fourth-order valence-electron chi connectivity index (χ4n) is 3.68. The molecule has 1 aliphatic rings. The molecule has 1 aromatic carbocycles. The number of anilines is 2. The lowest BCUT2D eigenvalue weighted by Gasteiger charge is -2.17. The second-order valence-electron chi connectivity index (χ2n) is 7.12. The monoisotopic (exact) mass is 440 g/mol. The molecule has 0 saturated heterocycles. The lowest BCUT2D eigenvalue weighted by atomic mass is 10.0. The van der Waals surface area contributed by atoms with Gasteiger partial charge in [0.15, 0.2) is 11.6 Å². The van der Waals surface area contributed by atoms with Crippen molar-refractivity contribution in [2.75, 3.05) is 38.8 Å². The molecule has 0 unspecified atom stereocenters. The van der Waals surface area contributed by atoms with Gasteiger partial charge in [0.25, 0.3) is 5.91 Å². The Morgan fingerprint density at radius 3 is 2.91 bits per heavy atom. The Labute approximate surface area is 185 Å². The first kappa shape index (κ1) is 21.6. The summed E-state index contributed by atoms with van der Waals surface area (Å²) in [6, 6.07) is 6.43. The van der Waals surface area contributed by atoms with Crippen molar-refractivity contribution >= 4 is 17.3 Å². The van der Waals surface area contributed by atoms with Gasteiger partial charge in [0.2, 0.25) is 0 Å². The van der Waals surface area contributed by atoms with Gasteiger partial charge in [-0.1, -0.05) is 6.07 Å². The lowest BCUT2D eigenvalue weighted by Crippen LogP contribution is -2.31. The fourth-order valence-corrected chi connectivity index (χ4v) is 3.68. The van der Waals surface area contributed by atoms with E-state index in [1.54, 1.807) is 44.6 Å². The molecule has 0 saturated carbocycles. The van der Waals surface area contributed by atoms with Crippen LogP contribution in [0.4, 0.5) is 15.8 Å². The third-order valence-corrected chi connectivity index (χ3v) is 5.08. The molecule has 0 radical (unpaired) electrons. The van der Waals surface area contributed by atoms with E-state index in [9.17, 15) is 9.18 Å². The summed E-state index contributed by atoms with van der Waals surface area (Å²) in [4.78, 5) is 20.3. The van der Waals surface area contributed by atoms with Crippen molar-refractivity contribution in [2.45, 2.75) is 13.3 Å². The van der Waals surface area contributed by atoms with E-state index >= 15 is 0 Å². The van der Waals surface area contributed by atoms with Gasteiger partial charge in [-0.3, -0.25) is 9.78 Å². The summed E-state index contributed by atoms with van der Waals surface area (Å²) in [5, 5.41) is 6.11. The van der Waals surface area contributed by atoms with Crippen LogP contribution in [-0.4, -0.2) is 49.4 Å². The van der Waals surface area contributed by atoms with Gasteiger partial charge in [-0.05, 0) is 25.1 Å². The summed E-state index contributed by atoms with van der Waals surface area (Å²) in [6.07, 6.45) is 3.90. The number of aromatic nitrogens is 2. The van der Waals surface area contributed by atoms with E-state index in [0.29, 0.717) is 61.2 Å². The van der Waals surface area contributed by atoms with E-state index in [2.05, 4.69) is 20.6 Å². The van der Waals surface area contributed by atoms with Crippen molar-refractivity contribution in [2.24, 2.45) is 0 Å². The minimum atomic E-state index is -0.486. The van der Waals surface area contributed by atoms with Gasteiger partial charge >= 0.3 is 0 Å². The van der Waals surface area contributed by atoms with Crippen molar-refractivity contribution in [1.82, 2.24) is 15.3 Å². The number of ether oxygens (including phenoxy) is 3. The number of rotatable bonds is 9. The first-order valence-electron chi connectivity index (χ1n) is 10.4. The van der Waals surface area contributed by atoms with Gasteiger partial charge in [0.1, 0.15) is 12.4 Å². The number of halogens is 1. The standard InChI is InChI=1S/C23H25FN4O4/c1-3-31-22-15(24)5-4-6-17(22)28-21-19-16(8-10-26-23(19)29)27-20(21)14-7-9-25-13-18(14)32-12-11-30-2/h4-7,9,13,27-28H,3,8,10-12H2,1-2H3,(H,26,29). The average molecular weight is 440 g/mol. The number of amides is 1. The Morgan fingerprint density at radius 1 is 1.22 bits per heavy atom. The molecule has 3 aromatic rings. The first-order chi connectivity index (χ1) is 15.6. The van der Waals surface area contributed by atoms with Gasteiger partial charge in [0.05, 0.1) is 42.0 Å². The Balaban J connectivity index is 1.83. The Kier molecular flexibility index (Phi) is 6.55. The molecule has 0 bridgehead atoms. The van der Waals surface area contributed by atoms with Crippen molar-refractivity contribution < 1.29 is 23.4 Å². The zero-order chi connectivity index (χ0) is 22.5. The number of hydrogen-bond donors (Lipinski definition) is 3. The molecule has 2 aromatic heterocycles. The van der Waals surface area contributed by atoms with Crippen LogP contribution in [0.15, 0.2) is 36.7 Å². The molecular formula is C23H25FN4O4. The molecule has 1 amide bonds. The molecular weight excluding hydrogens is 415 g/mol. The maximum absolute atomic E-state index is 14.4. The predicted molar refractivity (Wildman–Crippen MR) is 118 cm³/mol. The number of para-hydroxylation sites is 1. The van der Waals surface area contributed by atoms with Gasteiger partial charge in [-0.25, -0.2) is 4.39 Å². The predicted octanol–water partition coefficient (Wildman–Crippen LogP) is 3.67. The van der Waals surface area contributed by atoms with Crippen LogP contribution in [-0.2, 0) is 11.2 Å². The Morgan fingerprint density at radius 2 is 2.09 bits per heavy atom. The number of methoxy groups -OCH3 is 1. The number of fused-ring (bicyclic) bond motifs is 1. The number of carbonyl (C=O) groups is 1. The SMILES string of the molecule is CCOc1c(F)cccc1Nc1c(-c2ccncc2OCCOC)[nH]c2c1C(=O)NCC2. The van der Waals surface area contributed by atoms with Crippen molar-refractivity contribution in [3.63, 3.8) is 0 Å². The number of aromatic amines is 1. The third-order valence-electron chi connectivity index (χ3n) is 5.08. The van der Waals surface area contributed by atoms with Gasteiger partial charge in [-0.15, -0.1) is 0 Å². The van der Waals surface area contributed by atoms with E-state index in [4.69, 9.17) is 14.2 Å². The zero-order valence-electron chi connectivity index (χ0n) is 18.0. The van der Waals surface area contributed by atoms with Crippen LogP contribution >= 0.6 is 0 Å². The van der Waals surface area contributed by atoms with Gasteiger partial charge < -0.3 is 29.8 Å². The number of nitrogens with zero attached hydrogens (tertiary/aromatic N) is 1. The largest absolute Gasteiger partial charge is 0.489 e. The van der Waals surface area contributed by atoms with Gasteiger partial charge in [-0.2, -0.15) is 0 Å². The molecule has 8 nitrogen and oxygen atoms in total. The number of hydrogen-bond acceptors (Lipinski definition) is 6. The summed E-state index contributed by atoms with van der Waals surface area (Å²) in [5.74, 6) is -0.0597. The summed E-state index contributed by atoms with van der Waals surface area (Å²) in [7, 11) is 1.60. The number of nitrogens with one attached hydrogen (secondary N) is 3. The van der Waals surface area contributed by atoms with Crippen LogP contribution in [0.25, 0.3) is 11.3 Å². The van der Waals surface area contributed by atoms with Crippen molar-refractivity contribution in [1.29, 1.82) is 0 Å². The zero-order valence-corrected chi connectivity index (χ0v) is 18.0. The molecule has 1 aliphatic heterocycles. The molecule has 0 atom stereocenters. The second kappa shape index (κ2) is 9.69. The van der Waals surface area contributed by atoms with Gasteiger partial charge in [0, 0.05) is 37.5 Å². The summed E-state index contributed by atoms with van der Waals surface area (Å²) in [5.41, 5.74) is 3.58. The number of benzene rings is 1. The first-order valence-corrected chi connectivity index (χ1v) is 10.4. The quantitative estimate of drug-likeness (QED) is 0.439. The van der Waals surface area contributed by atoms with E-state index in [1.807, 2.05) is 0 Å². The minimum absolute atomic E-state index is 0.0958. The maximum Gasteiger partial charge on any atom is 0.255 e. The van der Waals surface area contributed by atoms with E-state index in [-0.39, 0.29) is 11.7 Å². The number of H-pyrrole nitrogens is 1. The smallest absolute Gasteiger partial charge is 0.255 e. The average Bonchev–Trinajstić information content (AvgIpc) is 3.16. The third kappa shape index (κ3) is 4.24. The number of pyridine rings is 1. The highest BCUT2D eigenvalue weighted by atomic mass is 19.1. The van der Waals surface area contributed by atoms with Crippen LogP contribution in [0.5, 0.6) is 11.5 Å². The van der Waals surface area contributed by atoms with E-state index in [0.717, 1.165) is 11.3 Å². The molecule has 0 fully saturated rings. The summed E-state index contributed by atoms with van der Waals surface area (Å²) >= 11 is 0. The highest BCUT2D eigenvalue weighted by Gasteiger charge is 2.29. The van der Waals surface area contributed by atoms with Crippen molar-refractivity contribution in [3.05, 3.63) is 53.7 Å². The highest BCUT2D eigenvalue weighted by molar-refractivity contribution is 6.06. The molecule has 9 heteroatoms. The molecule has 3 N–H and O–H groups in total. The van der Waals surface area contributed by atoms with Crippen LogP contribution in [0, 0.1) is 5.82 Å².